The largest absolute Gasteiger partial charge is 0.353 e. The van der Waals surface area contributed by atoms with Crippen molar-refractivity contribution < 1.29 is 18.4 Å². The highest BCUT2D eigenvalue weighted by Gasteiger charge is 2.24. The molecule has 2 amide bonds. The predicted octanol–water partition coefficient (Wildman–Crippen LogP) is 3.57. The van der Waals surface area contributed by atoms with Gasteiger partial charge in [0.1, 0.15) is 17.5 Å². The average molecular weight is 422 g/mol. The maximum Gasteiger partial charge on any atom is 0.258 e. The molecule has 0 aliphatic carbocycles. The van der Waals surface area contributed by atoms with Crippen LogP contribution in [0.25, 0.3) is 0 Å². The first-order valence-corrected chi connectivity index (χ1v) is 9.83. The molecule has 1 N–H and O–H groups in total. The lowest BCUT2D eigenvalue weighted by atomic mass is 10.1. The number of nitrogens with one attached hydrogen (secondary N) is 1. The van der Waals surface area contributed by atoms with Crippen molar-refractivity contribution in [1.29, 1.82) is 0 Å². The Balaban J connectivity index is 1.35. The van der Waals surface area contributed by atoms with Crippen LogP contribution in [-0.2, 0) is 0 Å². The second-order valence-corrected chi connectivity index (χ2v) is 7.10. The molecule has 1 fully saturated rings. The minimum Gasteiger partial charge on any atom is -0.353 e. The molecule has 1 aromatic heterocycles. The van der Waals surface area contributed by atoms with Gasteiger partial charge in [-0.3, -0.25) is 9.59 Å². The smallest absolute Gasteiger partial charge is 0.258 e. The van der Waals surface area contributed by atoms with Gasteiger partial charge >= 0.3 is 0 Å². The number of halogens is 2. The Hall–Kier alpha value is -3.81. The molecular formula is C23H20F2N4O2. The van der Waals surface area contributed by atoms with Gasteiger partial charge in [0.15, 0.2) is 0 Å². The third-order valence-corrected chi connectivity index (χ3v) is 5.12. The van der Waals surface area contributed by atoms with Crippen LogP contribution < -0.4 is 10.2 Å². The van der Waals surface area contributed by atoms with Crippen molar-refractivity contribution in [3.8, 4) is 0 Å². The van der Waals surface area contributed by atoms with Crippen LogP contribution >= 0.6 is 0 Å². The lowest BCUT2D eigenvalue weighted by Gasteiger charge is -2.35. The summed E-state index contributed by atoms with van der Waals surface area (Å²) in [5, 5.41) is 2.63. The van der Waals surface area contributed by atoms with E-state index in [1.807, 2.05) is 4.90 Å². The molecule has 1 aliphatic rings. The number of nitrogens with zero attached hydrogens (tertiary/aromatic N) is 3. The molecule has 0 radical (unpaired) electrons. The first kappa shape index (κ1) is 20.5. The van der Waals surface area contributed by atoms with Crippen molar-refractivity contribution in [2.75, 3.05) is 36.4 Å². The second kappa shape index (κ2) is 8.91. The first-order valence-electron chi connectivity index (χ1n) is 9.83. The highest BCUT2D eigenvalue weighted by molar-refractivity contribution is 6.04. The zero-order valence-corrected chi connectivity index (χ0v) is 16.6. The maximum atomic E-state index is 13.9. The molecule has 0 saturated carbocycles. The van der Waals surface area contributed by atoms with Crippen LogP contribution in [0.1, 0.15) is 20.7 Å². The summed E-state index contributed by atoms with van der Waals surface area (Å²) in [7, 11) is 0. The third kappa shape index (κ3) is 4.53. The minimum atomic E-state index is -0.590. The lowest BCUT2D eigenvalue weighted by molar-refractivity contribution is 0.0741. The normalized spacial score (nSPS) is 13.7. The number of carbonyl (C=O) groups is 2. The summed E-state index contributed by atoms with van der Waals surface area (Å²) in [6.45, 7) is 1.99. The van der Waals surface area contributed by atoms with E-state index >= 15 is 0 Å². The number of piperazine rings is 1. The van der Waals surface area contributed by atoms with Crippen molar-refractivity contribution >= 4 is 23.3 Å². The number of carbonyl (C=O) groups excluding carboxylic acids is 2. The Morgan fingerprint density at radius 1 is 0.806 bits per heavy atom. The molecule has 0 unspecified atom stereocenters. The van der Waals surface area contributed by atoms with E-state index in [1.165, 1.54) is 36.5 Å². The molecule has 1 aliphatic heterocycles. The Bertz CT molecular complexity index is 1100. The fourth-order valence-electron chi connectivity index (χ4n) is 3.43. The molecule has 2 aromatic carbocycles. The topological polar surface area (TPSA) is 65.5 Å². The van der Waals surface area contributed by atoms with E-state index < -0.39 is 17.5 Å². The molecule has 0 atom stereocenters. The van der Waals surface area contributed by atoms with Crippen LogP contribution in [0.2, 0.25) is 0 Å². The van der Waals surface area contributed by atoms with Crippen molar-refractivity contribution in [3.63, 3.8) is 0 Å². The second-order valence-electron chi connectivity index (χ2n) is 7.10. The van der Waals surface area contributed by atoms with Gasteiger partial charge in [-0.05, 0) is 36.4 Å². The Morgan fingerprint density at radius 3 is 2.00 bits per heavy atom. The van der Waals surface area contributed by atoms with Gasteiger partial charge in [0.2, 0.25) is 0 Å². The number of pyridine rings is 1. The van der Waals surface area contributed by atoms with Crippen molar-refractivity contribution in [3.05, 3.63) is 89.6 Å². The van der Waals surface area contributed by atoms with Gasteiger partial charge < -0.3 is 15.1 Å². The van der Waals surface area contributed by atoms with Gasteiger partial charge in [0, 0.05) is 26.2 Å². The Labute approximate surface area is 178 Å². The van der Waals surface area contributed by atoms with E-state index in [-0.39, 0.29) is 17.0 Å². The number of aromatic nitrogens is 1. The van der Waals surface area contributed by atoms with Crippen LogP contribution in [0.3, 0.4) is 0 Å². The SMILES string of the molecule is O=C(Nc1ccc(N2CCN(C(=O)c3ccccc3F)CC2)nc1)c1ccccc1F. The summed E-state index contributed by atoms with van der Waals surface area (Å²) in [6.07, 6.45) is 1.50. The molecule has 1 saturated heterocycles. The summed E-state index contributed by atoms with van der Waals surface area (Å²) in [5.74, 6) is -1.29. The summed E-state index contributed by atoms with van der Waals surface area (Å²) < 4.78 is 27.6. The van der Waals surface area contributed by atoms with Gasteiger partial charge in [-0.1, -0.05) is 24.3 Å². The standard InChI is InChI=1S/C23H20F2N4O2/c24-19-7-3-1-5-17(19)22(30)27-16-9-10-21(26-15-16)28-11-13-29(14-12-28)23(31)18-6-2-4-8-20(18)25/h1-10,15H,11-14H2,(H,27,30). The number of hydrogen-bond donors (Lipinski definition) is 1. The highest BCUT2D eigenvalue weighted by Crippen LogP contribution is 2.19. The maximum absolute atomic E-state index is 13.9. The third-order valence-electron chi connectivity index (χ3n) is 5.12. The summed E-state index contributed by atoms with van der Waals surface area (Å²) in [4.78, 5) is 32.7. The number of anilines is 2. The number of rotatable bonds is 4. The lowest BCUT2D eigenvalue weighted by Crippen LogP contribution is -2.49. The van der Waals surface area contributed by atoms with Crippen LogP contribution in [0.5, 0.6) is 0 Å². The molecule has 3 aromatic rings. The monoisotopic (exact) mass is 422 g/mol. The van der Waals surface area contributed by atoms with Crippen LogP contribution in [0.15, 0.2) is 66.9 Å². The molecule has 6 nitrogen and oxygen atoms in total. The van der Waals surface area contributed by atoms with Crippen LogP contribution in [0.4, 0.5) is 20.3 Å². The first-order chi connectivity index (χ1) is 15.0. The van der Waals surface area contributed by atoms with Crippen LogP contribution in [-0.4, -0.2) is 47.9 Å². The van der Waals surface area contributed by atoms with Crippen molar-refractivity contribution in [2.45, 2.75) is 0 Å². The van der Waals surface area contributed by atoms with E-state index in [0.29, 0.717) is 37.7 Å². The van der Waals surface area contributed by atoms with Gasteiger partial charge in [-0.25, -0.2) is 13.8 Å². The van der Waals surface area contributed by atoms with Gasteiger partial charge in [0.05, 0.1) is 23.0 Å². The van der Waals surface area contributed by atoms with Crippen molar-refractivity contribution in [2.24, 2.45) is 0 Å². The summed E-state index contributed by atoms with van der Waals surface area (Å²) in [5.41, 5.74) is 0.483. The quantitative estimate of drug-likeness (QED) is 0.698. The molecule has 0 bridgehead atoms. The summed E-state index contributed by atoms with van der Waals surface area (Å²) in [6, 6.07) is 15.2. The van der Waals surface area contributed by atoms with Gasteiger partial charge in [0.25, 0.3) is 11.8 Å². The highest BCUT2D eigenvalue weighted by atomic mass is 19.1. The summed E-state index contributed by atoms with van der Waals surface area (Å²) >= 11 is 0. The molecule has 31 heavy (non-hydrogen) atoms. The van der Waals surface area contributed by atoms with E-state index in [1.54, 1.807) is 35.2 Å². The zero-order valence-electron chi connectivity index (χ0n) is 16.6. The number of hydrogen-bond acceptors (Lipinski definition) is 4. The fraction of sp³-hybridized carbons (Fsp3) is 0.174. The van der Waals surface area contributed by atoms with E-state index in [0.717, 1.165) is 0 Å². The predicted molar refractivity (Wildman–Crippen MR) is 113 cm³/mol. The van der Waals surface area contributed by atoms with E-state index in [2.05, 4.69) is 10.3 Å². The molecule has 8 heteroatoms. The van der Waals surface area contributed by atoms with E-state index in [9.17, 15) is 18.4 Å². The van der Waals surface area contributed by atoms with Gasteiger partial charge in [-0.15, -0.1) is 0 Å². The fourth-order valence-corrected chi connectivity index (χ4v) is 3.43. The molecule has 158 valence electrons. The average Bonchev–Trinajstić information content (AvgIpc) is 2.80. The Kier molecular flexibility index (Phi) is 5.88. The Morgan fingerprint density at radius 2 is 1.42 bits per heavy atom. The molecule has 2 heterocycles. The number of amides is 2. The number of benzene rings is 2. The zero-order chi connectivity index (χ0) is 21.8. The molecule has 0 spiro atoms. The van der Waals surface area contributed by atoms with E-state index in [4.69, 9.17) is 0 Å². The molecular weight excluding hydrogens is 402 g/mol. The van der Waals surface area contributed by atoms with Gasteiger partial charge in [-0.2, -0.15) is 0 Å². The minimum absolute atomic E-state index is 0.0396. The van der Waals surface area contributed by atoms with Crippen LogP contribution in [0, 0.1) is 11.6 Å². The van der Waals surface area contributed by atoms with Crippen molar-refractivity contribution in [1.82, 2.24) is 9.88 Å². The molecule has 4 rings (SSSR count).